The van der Waals surface area contributed by atoms with E-state index in [4.69, 9.17) is 0 Å². The van der Waals surface area contributed by atoms with Gasteiger partial charge in [-0.3, -0.25) is 4.68 Å². The maximum Gasteiger partial charge on any atom is 0.0597 e. The summed E-state index contributed by atoms with van der Waals surface area (Å²) in [4.78, 5) is 2.40. The molecule has 0 fully saturated rings. The van der Waals surface area contributed by atoms with E-state index in [0.717, 1.165) is 25.3 Å². The van der Waals surface area contributed by atoms with Gasteiger partial charge in [0.1, 0.15) is 0 Å². The van der Waals surface area contributed by atoms with Crippen LogP contribution in [0.5, 0.6) is 0 Å². The lowest BCUT2D eigenvalue weighted by atomic mass is 10.2. The van der Waals surface area contributed by atoms with Crippen molar-refractivity contribution in [1.82, 2.24) is 20.0 Å². The van der Waals surface area contributed by atoms with Gasteiger partial charge in [0.25, 0.3) is 0 Å². The second kappa shape index (κ2) is 8.33. The molecule has 0 saturated carbocycles. The fourth-order valence-electron chi connectivity index (χ4n) is 2.10. The fraction of sp³-hybridized carbons (Fsp3) is 0.800. The molecule has 0 aliphatic carbocycles. The normalized spacial score (nSPS) is 11.7. The number of unbranched alkanes of at least 4 members (excludes halogenated alkanes) is 1. The van der Waals surface area contributed by atoms with Crippen molar-refractivity contribution >= 4 is 0 Å². The summed E-state index contributed by atoms with van der Waals surface area (Å²) in [7, 11) is 2.20. The monoisotopic (exact) mass is 266 g/mol. The van der Waals surface area contributed by atoms with Gasteiger partial charge in [-0.25, -0.2) is 0 Å². The fourth-order valence-corrected chi connectivity index (χ4v) is 2.10. The summed E-state index contributed by atoms with van der Waals surface area (Å²) in [6.07, 6.45) is 2.49. The number of rotatable bonds is 9. The topological polar surface area (TPSA) is 33.1 Å². The molecule has 0 radical (unpaired) electrons. The Labute approximate surface area is 118 Å². The van der Waals surface area contributed by atoms with E-state index in [0.29, 0.717) is 6.04 Å². The first kappa shape index (κ1) is 16.2. The Kier molecular flexibility index (Phi) is 7.10. The number of hydrogen-bond acceptors (Lipinski definition) is 3. The van der Waals surface area contributed by atoms with Crippen LogP contribution in [0.4, 0.5) is 0 Å². The van der Waals surface area contributed by atoms with Crippen molar-refractivity contribution in [3.05, 3.63) is 17.5 Å². The summed E-state index contributed by atoms with van der Waals surface area (Å²) >= 11 is 0. The maximum absolute atomic E-state index is 4.46. The van der Waals surface area contributed by atoms with Crippen LogP contribution >= 0.6 is 0 Å². The van der Waals surface area contributed by atoms with Crippen LogP contribution in [0.3, 0.4) is 0 Å². The Morgan fingerprint density at radius 3 is 2.74 bits per heavy atom. The van der Waals surface area contributed by atoms with Crippen molar-refractivity contribution in [2.24, 2.45) is 0 Å². The minimum absolute atomic E-state index is 0.648. The molecule has 4 nitrogen and oxygen atoms in total. The van der Waals surface area contributed by atoms with Crippen LogP contribution in [0.15, 0.2) is 6.07 Å². The molecule has 110 valence electrons. The van der Waals surface area contributed by atoms with Crippen LogP contribution in [0.1, 0.15) is 45.0 Å². The van der Waals surface area contributed by atoms with Gasteiger partial charge in [0.2, 0.25) is 0 Å². The van der Waals surface area contributed by atoms with Gasteiger partial charge < -0.3 is 10.2 Å². The Hall–Kier alpha value is -0.870. The minimum Gasteiger partial charge on any atom is -0.311 e. The number of hydrogen-bond donors (Lipinski definition) is 1. The van der Waals surface area contributed by atoms with Gasteiger partial charge in [-0.1, -0.05) is 0 Å². The van der Waals surface area contributed by atoms with Crippen LogP contribution in [0.2, 0.25) is 0 Å². The van der Waals surface area contributed by atoms with Gasteiger partial charge in [0, 0.05) is 19.1 Å². The second-order valence-electron chi connectivity index (χ2n) is 5.55. The number of nitrogens with one attached hydrogen (secondary N) is 1. The molecule has 4 heteroatoms. The highest BCUT2D eigenvalue weighted by molar-refractivity contribution is 5.08. The molecule has 1 N–H and O–H groups in total. The summed E-state index contributed by atoms with van der Waals surface area (Å²) in [6, 6.07) is 2.82. The molecule has 0 aromatic carbocycles. The first-order valence-electron chi connectivity index (χ1n) is 7.48. The first-order valence-corrected chi connectivity index (χ1v) is 7.48. The quantitative estimate of drug-likeness (QED) is 0.697. The average Bonchev–Trinajstić information content (AvgIpc) is 2.73. The predicted molar refractivity (Wildman–Crippen MR) is 81.3 cm³/mol. The smallest absolute Gasteiger partial charge is 0.0597 e. The third-order valence-electron chi connectivity index (χ3n) is 3.59. The summed E-state index contributed by atoms with van der Waals surface area (Å²) in [5, 5.41) is 7.97. The van der Waals surface area contributed by atoms with Gasteiger partial charge in [-0.05, 0) is 66.7 Å². The van der Waals surface area contributed by atoms with E-state index in [9.17, 15) is 0 Å². The molecule has 0 aliphatic heterocycles. The average molecular weight is 266 g/mol. The van der Waals surface area contributed by atoms with Crippen LogP contribution < -0.4 is 5.32 Å². The van der Waals surface area contributed by atoms with Crippen molar-refractivity contribution in [2.75, 3.05) is 20.1 Å². The third kappa shape index (κ3) is 5.74. The van der Waals surface area contributed by atoms with Crippen molar-refractivity contribution in [2.45, 2.75) is 59.7 Å². The van der Waals surface area contributed by atoms with Crippen molar-refractivity contribution in [3.8, 4) is 0 Å². The molecular weight excluding hydrogens is 236 g/mol. The highest BCUT2D eigenvalue weighted by Gasteiger charge is 2.04. The zero-order valence-corrected chi connectivity index (χ0v) is 13.2. The van der Waals surface area contributed by atoms with Gasteiger partial charge >= 0.3 is 0 Å². The molecule has 1 aromatic rings. The molecule has 0 saturated heterocycles. The number of aryl methyl sites for hydroxylation is 2. The number of aromatic nitrogens is 2. The minimum atomic E-state index is 0.648. The lowest BCUT2D eigenvalue weighted by molar-refractivity contribution is 0.268. The zero-order chi connectivity index (χ0) is 14.3. The highest BCUT2D eigenvalue weighted by atomic mass is 15.3. The van der Waals surface area contributed by atoms with Crippen molar-refractivity contribution in [1.29, 1.82) is 0 Å². The lowest BCUT2D eigenvalue weighted by Crippen LogP contribution is -2.28. The molecule has 0 amide bonds. The second-order valence-corrected chi connectivity index (χ2v) is 5.55. The lowest BCUT2D eigenvalue weighted by Gasteiger charge is -2.20. The Morgan fingerprint density at radius 2 is 2.11 bits per heavy atom. The standard InChI is InChI=1S/C15H30N4/c1-6-19-15(11-14(4)17-19)12-16-9-7-8-10-18(5)13(2)3/h11,13,16H,6-10,12H2,1-5H3. The molecule has 0 aliphatic rings. The first-order chi connectivity index (χ1) is 9.04. The molecule has 0 spiro atoms. The van der Waals surface area contributed by atoms with Crippen molar-refractivity contribution in [3.63, 3.8) is 0 Å². The molecule has 1 aromatic heterocycles. The molecule has 0 bridgehead atoms. The Bertz CT molecular complexity index is 357. The van der Waals surface area contributed by atoms with Gasteiger partial charge in [0.15, 0.2) is 0 Å². The zero-order valence-electron chi connectivity index (χ0n) is 13.2. The van der Waals surface area contributed by atoms with Gasteiger partial charge in [-0.15, -0.1) is 0 Å². The summed E-state index contributed by atoms with van der Waals surface area (Å²) in [5.41, 5.74) is 2.40. The van der Waals surface area contributed by atoms with Crippen molar-refractivity contribution < 1.29 is 0 Å². The summed E-state index contributed by atoms with van der Waals surface area (Å²) in [6.45, 7) is 12.8. The van der Waals surface area contributed by atoms with E-state index in [1.54, 1.807) is 0 Å². The maximum atomic E-state index is 4.46. The molecule has 0 atom stereocenters. The molecular formula is C15H30N4. The molecule has 1 rings (SSSR count). The third-order valence-corrected chi connectivity index (χ3v) is 3.59. The van der Waals surface area contributed by atoms with Crippen LogP contribution in [-0.4, -0.2) is 40.9 Å². The van der Waals surface area contributed by atoms with Crippen LogP contribution in [0, 0.1) is 6.92 Å². The van der Waals surface area contributed by atoms with E-state index < -0.39 is 0 Å². The van der Waals surface area contributed by atoms with E-state index >= 15 is 0 Å². The van der Waals surface area contributed by atoms with E-state index in [1.807, 2.05) is 0 Å². The predicted octanol–water partition coefficient (Wildman–Crippen LogP) is 2.42. The Balaban J connectivity index is 2.14. The summed E-state index contributed by atoms with van der Waals surface area (Å²) in [5.74, 6) is 0. The van der Waals surface area contributed by atoms with Crippen LogP contribution in [-0.2, 0) is 13.1 Å². The summed E-state index contributed by atoms with van der Waals surface area (Å²) < 4.78 is 2.08. The SMILES string of the molecule is CCn1nc(C)cc1CNCCCCN(C)C(C)C. The van der Waals surface area contributed by atoms with Gasteiger partial charge in [-0.2, -0.15) is 5.10 Å². The Morgan fingerprint density at radius 1 is 1.37 bits per heavy atom. The van der Waals surface area contributed by atoms with E-state index in [2.05, 4.69) is 60.8 Å². The van der Waals surface area contributed by atoms with E-state index in [1.165, 1.54) is 25.1 Å². The van der Waals surface area contributed by atoms with Gasteiger partial charge in [0.05, 0.1) is 11.4 Å². The molecule has 1 heterocycles. The van der Waals surface area contributed by atoms with E-state index in [-0.39, 0.29) is 0 Å². The van der Waals surface area contributed by atoms with Crippen LogP contribution in [0.25, 0.3) is 0 Å². The number of nitrogens with zero attached hydrogens (tertiary/aromatic N) is 3. The molecule has 0 unspecified atom stereocenters. The largest absolute Gasteiger partial charge is 0.311 e. The molecule has 19 heavy (non-hydrogen) atoms. The highest BCUT2D eigenvalue weighted by Crippen LogP contribution is 2.03.